The fraction of sp³-hybridized carbons (Fsp3) is 0.769. The van der Waals surface area contributed by atoms with Gasteiger partial charge in [0.25, 0.3) is 0 Å². The van der Waals surface area contributed by atoms with Crippen molar-refractivity contribution in [1.82, 2.24) is 10.2 Å². The summed E-state index contributed by atoms with van der Waals surface area (Å²) in [6, 6.07) is 0. The van der Waals surface area contributed by atoms with Gasteiger partial charge in [0.1, 0.15) is 0 Å². The molecular formula is C13H24N2S2. The van der Waals surface area contributed by atoms with Crippen LogP contribution in [-0.2, 0) is 0 Å². The maximum absolute atomic E-state index is 5.34. The van der Waals surface area contributed by atoms with Crippen LogP contribution in [0.4, 0.5) is 0 Å². The van der Waals surface area contributed by atoms with E-state index >= 15 is 0 Å². The average molecular weight is 272 g/mol. The molecule has 0 spiro atoms. The summed E-state index contributed by atoms with van der Waals surface area (Å²) in [5, 5.41) is 3.66. The van der Waals surface area contributed by atoms with Crippen LogP contribution in [0.15, 0.2) is 11.3 Å². The Morgan fingerprint density at radius 2 is 2.00 bits per heavy atom. The van der Waals surface area contributed by atoms with E-state index in [2.05, 4.69) is 50.8 Å². The Bertz CT molecular complexity index is 309. The summed E-state index contributed by atoms with van der Waals surface area (Å²) >= 11 is 9.85. The van der Waals surface area contributed by atoms with Crippen molar-refractivity contribution in [3.63, 3.8) is 0 Å². The molecular weight excluding hydrogens is 248 g/mol. The van der Waals surface area contributed by atoms with Crippen LogP contribution in [0.25, 0.3) is 0 Å². The zero-order valence-corrected chi connectivity index (χ0v) is 13.0. The van der Waals surface area contributed by atoms with Gasteiger partial charge in [-0.2, -0.15) is 12.6 Å². The molecule has 0 bridgehead atoms. The van der Waals surface area contributed by atoms with Crippen molar-refractivity contribution in [2.24, 2.45) is 5.92 Å². The fourth-order valence-electron chi connectivity index (χ4n) is 2.04. The molecule has 4 heteroatoms. The predicted molar refractivity (Wildman–Crippen MR) is 83.0 cm³/mol. The minimum Gasteiger partial charge on any atom is -0.387 e. The lowest BCUT2D eigenvalue weighted by Gasteiger charge is -2.34. The van der Waals surface area contributed by atoms with Crippen molar-refractivity contribution >= 4 is 29.7 Å². The fourth-order valence-corrected chi connectivity index (χ4v) is 2.88. The Hall–Kier alpha value is -0.0600. The molecule has 0 aromatic heterocycles. The van der Waals surface area contributed by atoms with Crippen molar-refractivity contribution in [2.75, 3.05) is 27.2 Å². The molecule has 0 radical (unpaired) electrons. The van der Waals surface area contributed by atoms with E-state index in [1.165, 1.54) is 24.1 Å². The first-order valence-corrected chi connectivity index (χ1v) is 7.22. The first-order valence-electron chi connectivity index (χ1n) is 6.30. The van der Waals surface area contributed by atoms with E-state index in [-0.39, 0.29) is 5.25 Å². The zero-order chi connectivity index (χ0) is 13.0. The third kappa shape index (κ3) is 3.97. The van der Waals surface area contributed by atoms with E-state index in [0.29, 0.717) is 5.92 Å². The van der Waals surface area contributed by atoms with Gasteiger partial charge in [-0.1, -0.05) is 26.1 Å². The Kier molecular flexibility index (Phi) is 5.97. The van der Waals surface area contributed by atoms with E-state index in [1.54, 1.807) is 0 Å². The van der Waals surface area contributed by atoms with Crippen molar-refractivity contribution in [3.05, 3.63) is 11.3 Å². The lowest BCUT2D eigenvalue weighted by molar-refractivity contribution is 0.393. The Balaban J connectivity index is 2.33. The van der Waals surface area contributed by atoms with Crippen molar-refractivity contribution in [3.8, 4) is 0 Å². The van der Waals surface area contributed by atoms with Gasteiger partial charge < -0.3 is 10.2 Å². The lowest BCUT2D eigenvalue weighted by Crippen LogP contribution is -2.41. The molecule has 98 valence electrons. The van der Waals surface area contributed by atoms with Gasteiger partial charge in [-0.25, -0.2) is 0 Å². The summed E-state index contributed by atoms with van der Waals surface area (Å²) in [6.45, 7) is 6.56. The van der Waals surface area contributed by atoms with Crippen molar-refractivity contribution in [1.29, 1.82) is 0 Å². The number of allylic oxidation sites excluding steroid dienone is 1. The summed E-state index contributed by atoms with van der Waals surface area (Å²) in [5.41, 5.74) is 2.57. The molecule has 0 aliphatic heterocycles. The highest BCUT2D eigenvalue weighted by molar-refractivity contribution is 7.87. The van der Waals surface area contributed by atoms with Crippen LogP contribution in [0.3, 0.4) is 0 Å². The monoisotopic (exact) mass is 272 g/mol. The molecule has 2 nitrogen and oxygen atoms in total. The van der Waals surface area contributed by atoms with Crippen LogP contribution in [0.5, 0.6) is 0 Å². The third-order valence-corrected chi connectivity index (χ3v) is 4.15. The quantitative estimate of drug-likeness (QED) is 0.421. The molecule has 0 fully saturated rings. The van der Waals surface area contributed by atoms with Crippen molar-refractivity contribution < 1.29 is 0 Å². The molecule has 1 rings (SSSR count). The van der Waals surface area contributed by atoms with E-state index in [4.69, 9.17) is 12.2 Å². The largest absolute Gasteiger partial charge is 0.387 e. The molecule has 0 aromatic carbocycles. The van der Waals surface area contributed by atoms with Crippen molar-refractivity contribution in [2.45, 2.75) is 31.9 Å². The standard InChI is InChI=1S/C13H24N2S2/c1-9(2)10-11(13(17)12(10)16)14-7-5-6-8-15(3)4/h9,13-14,17H,5-8H2,1-4H3. The second kappa shape index (κ2) is 6.76. The second-order valence-corrected chi connectivity index (χ2v) is 6.14. The van der Waals surface area contributed by atoms with Crippen LogP contribution in [-0.4, -0.2) is 42.2 Å². The average Bonchev–Trinajstić information content (AvgIpc) is 2.25. The first kappa shape index (κ1) is 15.0. The number of nitrogens with one attached hydrogen (secondary N) is 1. The second-order valence-electron chi connectivity index (χ2n) is 5.19. The van der Waals surface area contributed by atoms with Gasteiger partial charge in [0.2, 0.25) is 0 Å². The van der Waals surface area contributed by atoms with Crippen LogP contribution >= 0.6 is 24.8 Å². The van der Waals surface area contributed by atoms with Crippen LogP contribution in [0.1, 0.15) is 26.7 Å². The van der Waals surface area contributed by atoms with Gasteiger partial charge in [0, 0.05) is 17.1 Å². The molecule has 1 N–H and O–H groups in total. The zero-order valence-electron chi connectivity index (χ0n) is 11.3. The third-order valence-electron chi connectivity index (χ3n) is 3.00. The maximum Gasteiger partial charge on any atom is 0.0771 e. The number of nitrogens with zero attached hydrogens (tertiary/aromatic N) is 1. The summed E-state index contributed by atoms with van der Waals surface area (Å²) in [7, 11) is 4.22. The number of thiol groups is 1. The topological polar surface area (TPSA) is 15.3 Å². The van der Waals surface area contributed by atoms with Gasteiger partial charge in [0.15, 0.2) is 0 Å². The molecule has 1 aliphatic carbocycles. The minimum absolute atomic E-state index is 0.163. The molecule has 1 aliphatic rings. The normalized spacial score (nSPS) is 20.2. The van der Waals surface area contributed by atoms with Gasteiger partial charge >= 0.3 is 0 Å². The van der Waals surface area contributed by atoms with Crippen LogP contribution < -0.4 is 5.32 Å². The van der Waals surface area contributed by atoms with Crippen LogP contribution in [0, 0.1) is 5.92 Å². The highest BCUT2D eigenvalue weighted by atomic mass is 32.1. The van der Waals surface area contributed by atoms with Gasteiger partial charge in [-0.3, -0.25) is 0 Å². The van der Waals surface area contributed by atoms with Crippen LogP contribution in [0.2, 0.25) is 0 Å². The number of unbranched alkanes of at least 4 members (excludes halogenated alkanes) is 1. The number of thiocarbonyl (C=S) groups is 1. The summed E-state index contributed by atoms with van der Waals surface area (Å²) in [5.74, 6) is 0.509. The first-order chi connectivity index (χ1) is 7.95. The lowest BCUT2D eigenvalue weighted by atomic mass is 9.85. The molecule has 0 heterocycles. The number of hydrogen-bond donors (Lipinski definition) is 2. The highest BCUT2D eigenvalue weighted by Gasteiger charge is 2.33. The molecule has 0 amide bonds. The number of hydrogen-bond acceptors (Lipinski definition) is 4. The van der Waals surface area contributed by atoms with E-state index in [9.17, 15) is 0 Å². The smallest absolute Gasteiger partial charge is 0.0771 e. The summed E-state index contributed by atoms with van der Waals surface area (Å²) in [4.78, 5) is 3.25. The van der Waals surface area contributed by atoms with E-state index < -0.39 is 0 Å². The molecule has 0 aromatic rings. The van der Waals surface area contributed by atoms with E-state index in [1.807, 2.05) is 0 Å². The van der Waals surface area contributed by atoms with Gasteiger partial charge in [-0.15, -0.1) is 0 Å². The Morgan fingerprint density at radius 1 is 1.35 bits per heavy atom. The molecule has 0 saturated heterocycles. The highest BCUT2D eigenvalue weighted by Crippen LogP contribution is 2.33. The number of rotatable bonds is 7. The van der Waals surface area contributed by atoms with Gasteiger partial charge in [0.05, 0.1) is 5.25 Å². The molecule has 17 heavy (non-hydrogen) atoms. The predicted octanol–water partition coefficient (Wildman–Crippen LogP) is 2.51. The Morgan fingerprint density at radius 3 is 2.53 bits per heavy atom. The summed E-state index contributed by atoms with van der Waals surface area (Å²) in [6.07, 6.45) is 2.42. The van der Waals surface area contributed by atoms with Gasteiger partial charge in [-0.05, 0) is 45.0 Å². The molecule has 1 unspecified atom stereocenters. The van der Waals surface area contributed by atoms with E-state index in [0.717, 1.165) is 18.0 Å². The molecule has 0 saturated carbocycles. The summed E-state index contributed by atoms with van der Waals surface area (Å²) < 4.78 is 0. The molecule has 1 atom stereocenters. The minimum atomic E-state index is 0.163. The Labute approximate surface area is 116 Å². The SMILES string of the molecule is CC(C)C1=C(NCCCCN(C)C)C(S)C1=S. The maximum atomic E-state index is 5.34.